The molecule has 0 aromatic heterocycles. The zero-order valence-corrected chi connectivity index (χ0v) is 15.1. The van der Waals surface area contributed by atoms with E-state index in [1.165, 1.54) is 25.7 Å². The maximum absolute atomic E-state index is 12.4. The fourth-order valence-electron chi connectivity index (χ4n) is 3.38. The van der Waals surface area contributed by atoms with Crippen molar-refractivity contribution in [3.05, 3.63) is 0 Å². The molecule has 2 rings (SSSR count). The molecule has 128 valence electrons. The van der Waals surface area contributed by atoms with E-state index in [0.717, 1.165) is 51.9 Å². The molecule has 0 N–H and O–H groups in total. The summed E-state index contributed by atoms with van der Waals surface area (Å²) in [5, 5.41) is 0. The summed E-state index contributed by atoms with van der Waals surface area (Å²) in [7, 11) is -2.05. The average Bonchev–Trinajstić information content (AvgIpc) is 3.20. The van der Waals surface area contributed by atoms with Crippen LogP contribution in [0.2, 0.25) is 0 Å². The molecule has 2 heterocycles. The van der Waals surface area contributed by atoms with Gasteiger partial charge in [0.05, 0.1) is 0 Å². The van der Waals surface area contributed by atoms with Gasteiger partial charge >= 0.3 is 8.25 Å². The van der Waals surface area contributed by atoms with Gasteiger partial charge in [0.1, 0.15) is 0 Å². The third-order valence-electron chi connectivity index (χ3n) is 4.58. The lowest BCUT2D eigenvalue weighted by atomic mass is 10.3. The van der Waals surface area contributed by atoms with Crippen LogP contribution in [0.4, 0.5) is 0 Å². The molecule has 0 bridgehead atoms. The van der Waals surface area contributed by atoms with E-state index in [1.54, 1.807) is 0 Å². The van der Waals surface area contributed by atoms with Crippen LogP contribution < -0.4 is 0 Å². The Hall–Kier alpha value is -0.0600. The summed E-state index contributed by atoms with van der Waals surface area (Å²) in [6, 6.07) is 0. The van der Waals surface area contributed by atoms with Gasteiger partial charge in [-0.25, -0.2) is 0 Å². The molecule has 2 fully saturated rings. The van der Waals surface area contributed by atoms with E-state index < -0.39 is 8.25 Å². The van der Waals surface area contributed by atoms with Crippen LogP contribution in [0, 0.1) is 0 Å². The van der Waals surface area contributed by atoms with Gasteiger partial charge in [0.15, 0.2) is 12.5 Å². The summed E-state index contributed by atoms with van der Waals surface area (Å²) in [4.78, 5) is 4.62. The predicted molar refractivity (Wildman–Crippen MR) is 88.8 cm³/mol. The van der Waals surface area contributed by atoms with Crippen molar-refractivity contribution in [3.8, 4) is 0 Å². The summed E-state index contributed by atoms with van der Waals surface area (Å²) in [6.07, 6.45) is 8.69. The van der Waals surface area contributed by atoms with Gasteiger partial charge in [0, 0.05) is 30.7 Å². The molecule has 0 saturated carbocycles. The van der Waals surface area contributed by atoms with Crippen molar-refractivity contribution in [2.45, 2.75) is 77.7 Å². The molecule has 2 aliphatic heterocycles. The lowest BCUT2D eigenvalue weighted by molar-refractivity contribution is -0.00908. The van der Waals surface area contributed by atoms with Crippen LogP contribution in [0.3, 0.4) is 0 Å². The van der Waals surface area contributed by atoms with Gasteiger partial charge in [-0.15, -0.1) is 0 Å². The lowest BCUT2D eigenvalue weighted by Crippen LogP contribution is -2.35. The van der Waals surface area contributed by atoms with Crippen LogP contribution in [0.25, 0.3) is 0 Å². The number of nitrogens with zero attached hydrogens (tertiary/aromatic N) is 2. The highest BCUT2D eigenvalue weighted by Gasteiger charge is 2.37. The Morgan fingerprint density at radius 3 is 1.50 bits per heavy atom. The largest absolute Gasteiger partial charge is 0.700 e. The van der Waals surface area contributed by atoms with E-state index in [9.17, 15) is 4.57 Å². The van der Waals surface area contributed by atoms with Gasteiger partial charge in [-0.05, 0) is 38.5 Å². The highest BCUT2D eigenvalue weighted by molar-refractivity contribution is 7.33. The first-order chi connectivity index (χ1) is 10.7. The molecule has 2 aliphatic rings. The molecule has 0 amide bonds. The smallest absolute Gasteiger partial charge is 0.274 e. The highest BCUT2D eigenvalue weighted by Crippen LogP contribution is 2.34. The molecule has 6 heteroatoms. The fourth-order valence-corrected chi connectivity index (χ4v) is 4.31. The monoisotopic (exact) mass is 331 g/mol. The molecular formula is C16H32N2O3P+. The summed E-state index contributed by atoms with van der Waals surface area (Å²) in [5.41, 5.74) is 0. The topological polar surface area (TPSA) is 42.0 Å². The zero-order chi connectivity index (χ0) is 15.8. The lowest BCUT2D eigenvalue weighted by Gasteiger charge is -2.23. The number of rotatable bonds is 10. The zero-order valence-electron chi connectivity index (χ0n) is 14.2. The van der Waals surface area contributed by atoms with Gasteiger partial charge in [-0.2, -0.15) is 0 Å². The first kappa shape index (κ1) is 18.3. The van der Waals surface area contributed by atoms with Crippen LogP contribution in [0.1, 0.15) is 65.2 Å². The van der Waals surface area contributed by atoms with E-state index in [2.05, 4.69) is 23.6 Å². The van der Waals surface area contributed by atoms with Gasteiger partial charge in [0.25, 0.3) is 0 Å². The van der Waals surface area contributed by atoms with Crippen LogP contribution in [0.15, 0.2) is 0 Å². The standard InChI is InChI=1S/C16H32N2O3P/c1-3-9-15(17-11-5-6-12-17)20-22(19)21-16(10-4-2)18-13-7-8-14-18/h15-16H,3-14H2,1-2H3/q+1. The minimum atomic E-state index is -2.05. The molecule has 0 aromatic rings. The van der Waals surface area contributed by atoms with E-state index in [1.807, 2.05) is 0 Å². The number of hydrogen-bond donors (Lipinski definition) is 0. The summed E-state index contributed by atoms with van der Waals surface area (Å²) >= 11 is 0. The van der Waals surface area contributed by atoms with Crippen molar-refractivity contribution < 1.29 is 13.6 Å². The van der Waals surface area contributed by atoms with Gasteiger partial charge in [0.2, 0.25) is 0 Å². The second-order valence-corrected chi connectivity index (χ2v) is 7.28. The molecule has 2 atom stereocenters. The van der Waals surface area contributed by atoms with Crippen LogP contribution in [-0.4, -0.2) is 48.4 Å². The van der Waals surface area contributed by atoms with Crippen molar-refractivity contribution in [1.82, 2.24) is 9.80 Å². The highest BCUT2D eigenvalue weighted by atomic mass is 31.1. The first-order valence-electron chi connectivity index (χ1n) is 9.03. The van der Waals surface area contributed by atoms with Crippen molar-refractivity contribution in [2.75, 3.05) is 26.2 Å². The summed E-state index contributed by atoms with van der Waals surface area (Å²) in [6.45, 7) is 8.50. The Morgan fingerprint density at radius 1 is 0.818 bits per heavy atom. The molecule has 2 saturated heterocycles. The first-order valence-corrected chi connectivity index (χ1v) is 10.1. The van der Waals surface area contributed by atoms with E-state index in [4.69, 9.17) is 9.05 Å². The second kappa shape index (κ2) is 9.94. The second-order valence-electron chi connectivity index (χ2n) is 6.41. The Bertz CT molecular complexity index is 301. The van der Waals surface area contributed by atoms with Crippen LogP contribution in [0.5, 0.6) is 0 Å². The Labute approximate surface area is 136 Å². The van der Waals surface area contributed by atoms with Crippen molar-refractivity contribution >= 4 is 8.25 Å². The number of likely N-dealkylation sites (tertiary alicyclic amines) is 2. The minimum Gasteiger partial charge on any atom is -0.274 e. The third kappa shape index (κ3) is 5.54. The van der Waals surface area contributed by atoms with Gasteiger partial charge in [-0.3, -0.25) is 9.80 Å². The van der Waals surface area contributed by atoms with Gasteiger partial charge < -0.3 is 0 Å². The average molecular weight is 331 g/mol. The molecule has 5 nitrogen and oxygen atoms in total. The summed E-state index contributed by atoms with van der Waals surface area (Å²) < 4.78 is 24.0. The summed E-state index contributed by atoms with van der Waals surface area (Å²) in [5.74, 6) is 0. The third-order valence-corrected chi connectivity index (χ3v) is 5.41. The Balaban J connectivity index is 1.84. The normalized spacial score (nSPS) is 23.8. The molecule has 22 heavy (non-hydrogen) atoms. The Kier molecular flexibility index (Phi) is 8.26. The van der Waals surface area contributed by atoms with Crippen LogP contribution >= 0.6 is 8.25 Å². The molecule has 0 spiro atoms. The maximum Gasteiger partial charge on any atom is 0.700 e. The predicted octanol–water partition coefficient (Wildman–Crippen LogP) is 4.12. The quantitative estimate of drug-likeness (QED) is 0.563. The number of hydrogen-bond acceptors (Lipinski definition) is 5. The molecular weight excluding hydrogens is 299 g/mol. The SMILES string of the molecule is CCCC(O[P+](=O)OC(CCC)N1CCCC1)N1CCCC1. The van der Waals surface area contributed by atoms with E-state index in [0.29, 0.717) is 0 Å². The van der Waals surface area contributed by atoms with Gasteiger partial charge in [-0.1, -0.05) is 35.7 Å². The maximum atomic E-state index is 12.4. The van der Waals surface area contributed by atoms with Crippen molar-refractivity contribution in [1.29, 1.82) is 0 Å². The molecule has 0 radical (unpaired) electrons. The minimum absolute atomic E-state index is 0.0445. The molecule has 0 aliphatic carbocycles. The van der Waals surface area contributed by atoms with Crippen molar-refractivity contribution in [3.63, 3.8) is 0 Å². The fraction of sp³-hybridized carbons (Fsp3) is 1.00. The molecule has 0 aromatic carbocycles. The van der Waals surface area contributed by atoms with Crippen molar-refractivity contribution in [2.24, 2.45) is 0 Å². The molecule has 2 unspecified atom stereocenters. The van der Waals surface area contributed by atoms with E-state index >= 15 is 0 Å². The van der Waals surface area contributed by atoms with E-state index in [-0.39, 0.29) is 12.5 Å². The van der Waals surface area contributed by atoms with Crippen LogP contribution in [-0.2, 0) is 13.6 Å². The Morgan fingerprint density at radius 2 is 1.18 bits per heavy atom.